The normalized spacial score (nSPS) is 13.2. The van der Waals surface area contributed by atoms with E-state index in [0.29, 0.717) is 9.80 Å². The smallest absolute Gasteiger partial charge is 0.406 e. The van der Waals surface area contributed by atoms with E-state index in [4.69, 9.17) is 0 Å². The monoisotopic (exact) mass is 250 g/mol. The van der Waals surface area contributed by atoms with Crippen LogP contribution in [-0.4, -0.2) is 10.6 Å². The lowest BCUT2D eigenvalue weighted by molar-refractivity contribution is -0.274. The van der Waals surface area contributed by atoms with E-state index in [1.807, 2.05) is 0 Å². The average molecular weight is 250 g/mol. The molecular weight excluding hydrogens is 241 g/mol. The van der Waals surface area contributed by atoms with Gasteiger partial charge in [-0.3, -0.25) is 0 Å². The quantitative estimate of drug-likeness (QED) is 0.823. The Kier molecular flexibility index (Phi) is 3.74. The van der Waals surface area contributed by atoms with Crippen LogP contribution in [0.5, 0.6) is 5.75 Å². The number of allylic oxidation sites excluding steroid dienone is 1. The molecule has 0 saturated carbocycles. The van der Waals surface area contributed by atoms with Crippen LogP contribution in [0.1, 0.15) is 6.92 Å². The molecule has 0 aliphatic carbocycles. The number of ether oxygens (including phenoxy) is 1. The van der Waals surface area contributed by atoms with Crippen molar-refractivity contribution in [2.75, 3.05) is 0 Å². The summed E-state index contributed by atoms with van der Waals surface area (Å²) in [6, 6.07) is 4.85. The first-order valence-electron chi connectivity index (χ1n) is 4.23. The summed E-state index contributed by atoms with van der Waals surface area (Å²) in [6.45, 7) is 5.08. The second-order valence-corrected chi connectivity index (χ2v) is 4.70. The summed E-state index contributed by atoms with van der Waals surface area (Å²) < 4.78 is 50.7. The highest BCUT2D eigenvalue weighted by Gasteiger charge is 2.30. The highest BCUT2D eigenvalue weighted by atomic mass is 32.2. The Labute approximate surface area is 93.2 Å². The number of rotatable bonds is 3. The Morgan fingerprint density at radius 2 is 1.81 bits per heavy atom. The van der Waals surface area contributed by atoms with Crippen molar-refractivity contribution in [2.24, 2.45) is 0 Å². The van der Waals surface area contributed by atoms with Crippen LogP contribution in [0.4, 0.5) is 13.2 Å². The molecule has 1 atom stereocenters. The SMILES string of the molecule is C=C(C)S(=O)c1ccc(OC(F)(F)F)cc1. The molecule has 88 valence electrons. The van der Waals surface area contributed by atoms with Gasteiger partial charge < -0.3 is 4.74 Å². The van der Waals surface area contributed by atoms with Gasteiger partial charge in [0.1, 0.15) is 5.75 Å². The Hall–Kier alpha value is -1.30. The summed E-state index contributed by atoms with van der Waals surface area (Å²) in [7, 11) is -1.40. The van der Waals surface area contributed by atoms with E-state index < -0.39 is 17.2 Å². The van der Waals surface area contributed by atoms with Gasteiger partial charge in [-0.25, -0.2) is 4.21 Å². The van der Waals surface area contributed by atoms with Crippen molar-refractivity contribution in [2.45, 2.75) is 18.2 Å². The fourth-order valence-corrected chi connectivity index (χ4v) is 1.75. The van der Waals surface area contributed by atoms with E-state index in [1.165, 1.54) is 12.1 Å². The van der Waals surface area contributed by atoms with Crippen molar-refractivity contribution in [3.8, 4) is 5.75 Å². The summed E-state index contributed by atoms with van der Waals surface area (Å²) in [5, 5.41) is 0. The molecule has 1 rings (SSSR count). The van der Waals surface area contributed by atoms with Gasteiger partial charge in [-0.2, -0.15) is 0 Å². The molecule has 0 bridgehead atoms. The molecular formula is C10H9F3O2S. The van der Waals surface area contributed by atoms with Crippen LogP contribution in [-0.2, 0) is 10.8 Å². The Morgan fingerprint density at radius 1 is 1.31 bits per heavy atom. The van der Waals surface area contributed by atoms with Crippen molar-refractivity contribution in [1.29, 1.82) is 0 Å². The van der Waals surface area contributed by atoms with Gasteiger partial charge in [0.15, 0.2) is 0 Å². The topological polar surface area (TPSA) is 26.3 Å². The molecule has 2 nitrogen and oxygen atoms in total. The maximum Gasteiger partial charge on any atom is 0.573 e. The number of hydrogen-bond donors (Lipinski definition) is 0. The van der Waals surface area contributed by atoms with E-state index in [-0.39, 0.29) is 5.75 Å². The zero-order valence-electron chi connectivity index (χ0n) is 8.38. The van der Waals surface area contributed by atoms with Crippen LogP contribution < -0.4 is 4.74 Å². The number of benzene rings is 1. The fraction of sp³-hybridized carbons (Fsp3) is 0.200. The molecule has 1 aromatic rings. The predicted octanol–water partition coefficient (Wildman–Crippen LogP) is 3.23. The minimum absolute atomic E-state index is 0.338. The molecule has 0 spiro atoms. The van der Waals surface area contributed by atoms with Gasteiger partial charge in [-0.15, -0.1) is 13.2 Å². The molecule has 16 heavy (non-hydrogen) atoms. The second kappa shape index (κ2) is 4.69. The lowest BCUT2D eigenvalue weighted by Crippen LogP contribution is -2.17. The van der Waals surface area contributed by atoms with Gasteiger partial charge in [0, 0.05) is 9.80 Å². The largest absolute Gasteiger partial charge is 0.573 e. The summed E-state index contributed by atoms with van der Waals surface area (Å²) in [4.78, 5) is 0.825. The van der Waals surface area contributed by atoms with Gasteiger partial charge in [0.2, 0.25) is 0 Å². The Bertz CT molecular complexity index is 409. The molecule has 0 radical (unpaired) electrons. The predicted molar refractivity (Wildman–Crippen MR) is 54.3 cm³/mol. The van der Waals surface area contributed by atoms with E-state index in [9.17, 15) is 17.4 Å². The van der Waals surface area contributed by atoms with Gasteiger partial charge in [0.25, 0.3) is 0 Å². The third kappa shape index (κ3) is 3.69. The van der Waals surface area contributed by atoms with Gasteiger partial charge in [-0.1, -0.05) is 6.58 Å². The summed E-state index contributed by atoms with van der Waals surface area (Å²) >= 11 is 0. The van der Waals surface area contributed by atoms with Crippen molar-refractivity contribution in [3.05, 3.63) is 35.7 Å². The molecule has 0 amide bonds. The third-order valence-electron chi connectivity index (χ3n) is 1.59. The first-order valence-corrected chi connectivity index (χ1v) is 5.37. The molecule has 0 aliphatic heterocycles. The first kappa shape index (κ1) is 12.8. The second-order valence-electron chi connectivity index (χ2n) is 2.99. The summed E-state index contributed by atoms with van der Waals surface area (Å²) in [5.41, 5.74) is 0. The minimum atomic E-state index is -4.71. The van der Waals surface area contributed by atoms with Gasteiger partial charge in [-0.05, 0) is 31.2 Å². The van der Waals surface area contributed by atoms with Crippen LogP contribution in [0.25, 0.3) is 0 Å². The molecule has 1 unspecified atom stereocenters. The van der Waals surface area contributed by atoms with Crippen LogP contribution >= 0.6 is 0 Å². The maximum absolute atomic E-state index is 11.8. The highest BCUT2D eigenvalue weighted by molar-refractivity contribution is 7.89. The van der Waals surface area contributed by atoms with Crippen LogP contribution in [0.2, 0.25) is 0 Å². The van der Waals surface area contributed by atoms with Crippen molar-refractivity contribution in [1.82, 2.24) is 0 Å². The van der Waals surface area contributed by atoms with E-state index in [1.54, 1.807) is 6.92 Å². The molecule has 0 aromatic heterocycles. The minimum Gasteiger partial charge on any atom is -0.406 e. The summed E-state index contributed by atoms with van der Waals surface area (Å²) in [6.07, 6.45) is -4.71. The van der Waals surface area contributed by atoms with Crippen molar-refractivity contribution < 1.29 is 22.1 Å². The molecule has 6 heteroatoms. The molecule has 0 heterocycles. The zero-order chi connectivity index (χ0) is 12.3. The molecule has 0 saturated heterocycles. The van der Waals surface area contributed by atoms with Gasteiger partial charge in [0.05, 0.1) is 10.8 Å². The first-order chi connectivity index (χ1) is 7.29. The van der Waals surface area contributed by atoms with E-state index in [2.05, 4.69) is 11.3 Å². The van der Waals surface area contributed by atoms with Crippen LogP contribution in [0.15, 0.2) is 40.6 Å². The van der Waals surface area contributed by atoms with E-state index in [0.717, 1.165) is 12.1 Å². The lowest BCUT2D eigenvalue weighted by atomic mass is 10.3. The van der Waals surface area contributed by atoms with Gasteiger partial charge >= 0.3 is 6.36 Å². The molecule has 0 N–H and O–H groups in total. The molecule has 0 fully saturated rings. The van der Waals surface area contributed by atoms with E-state index >= 15 is 0 Å². The Morgan fingerprint density at radius 3 is 2.19 bits per heavy atom. The number of alkyl halides is 3. The fourth-order valence-electron chi connectivity index (χ4n) is 0.966. The average Bonchev–Trinajstić information content (AvgIpc) is 2.15. The van der Waals surface area contributed by atoms with Crippen LogP contribution in [0.3, 0.4) is 0 Å². The third-order valence-corrected chi connectivity index (χ3v) is 2.92. The lowest BCUT2D eigenvalue weighted by Gasteiger charge is -2.09. The standard InChI is InChI=1S/C10H9F3O2S/c1-7(2)16(14)9-5-3-8(4-6-9)15-10(11,12)13/h3-6H,1H2,2H3. The Balaban J connectivity index is 2.84. The number of hydrogen-bond acceptors (Lipinski definition) is 2. The molecule has 0 aliphatic rings. The van der Waals surface area contributed by atoms with Crippen LogP contribution in [0, 0.1) is 0 Å². The molecule has 1 aromatic carbocycles. The summed E-state index contributed by atoms with van der Waals surface area (Å²) in [5.74, 6) is -0.338. The van der Waals surface area contributed by atoms with Crippen molar-refractivity contribution in [3.63, 3.8) is 0 Å². The zero-order valence-corrected chi connectivity index (χ0v) is 9.19. The highest BCUT2D eigenvalue weighted by Crippen LogP contribution is 2.24. The van der Waals surface area contributed by atoms with Crippen molar-refractivity contribution >= 4 is 10.8 Å². The maximum atomic E-state index is 11.8. The number of halogens is 3.